The van der Waals surface area contributed by atoms with Gasteiger partial charge in [-0.2, -0.15) is 0 Å². The van der Waals surface area contributed by atoms with Crippen LogP contribution in [0.1, 0.15) is 55.6 Å². The van der Waals surface area contributed by atoms with Gasteiger partial charge in [-0.25, -0.2) is 9.78 Å². The fourth-order valence-corrected chi connectivity index (χ4v) is 9.46. The number of carboxylic acids is 1. The summed E-state index contributed by atoms with van der Waals surface area (Å²) in [6.45, 7) is 9.63. The summed E-state index contributed by atoms with van der Waals surface area (Å²) in [5.74, 6) is -3.72. The lowest BCUT2D eigenvalue weighted by atomic mass is 10.0. The van der Waals surface area contributed by atoms with Gasteiger partial charge in [0.2, 0.25) is 5.60 Å². The van der Waals surface area contributed by atoms with Gasteiger partial charge in [0.1, 0.15) is 29.4 Å². The molecule has 0 saturated carbocycles. The first-order chi connectivity index (χ1) is 25.0. The number of phenols is 2. The molecule has 0 spiro atoms. The van der Waals surface area contributed by atoms with Crippen LogP contribution in [0.5, 0.6) is 11.5 Å². The van der Waals surface area contributed by atoms with E-state index in [1.54, 1.807) is 4.90 Å². The number of amides is 3. The summed E-state index contributed by atoms with van der Waals surface area (Å²) >= 11 is 8.73. The summed E-state index contributed by atoms with van der Waals surface area (Å²) in [6.07, 6.45) is 3.50. The Morgan fingerprint density at radius 3 is 2.57 bits per heavy atom. The second kappa shape index (κ2) is 14.7. The van der Waals surface area contributed by atoms with Crippen molar-refractivity contribution in [3.05, 3.63) is 57.4 Å². The SMILES string of the molecule is C=C(O)C1=C(C[N+]2(C[C@@H]3CCCN3C(=O)c3ccc(O)c(O)c3Cl)CCCC2)CS[C@@H]2[C@H](NC(=O)/C(=N\OC(C)(C)C(=O)O)c3csc(N)n3)C(=O)N12. The molecule has 0 aliphatic carbocycles. The summed E-state index contributed by atoms with van der Waals surface area (Å²) in [7, 11) is 0. The van der Waals surface area contributed by atoms with E-state index in [-0.39, 0.29) is 44.8 Å². The number of nitrogens with zero attached hydrogens (tertiary/aromatic N) is 5. The molecule has 1 aromatic carbocycles. The van der Waals surface area contributed by atoms with Crippen LogP contribution < -0.4 is 11.1 Å². The molecule has 7 N–H and O–H groups in total. The molecule has 4 aliphatic heterocycles. The zero-order valence-corrected chi connectivity index (χ0v) is 31.5. The van der Waals surface area contributed by atoms with Crippen molar-refractivity contribution < 1.29 is 48.9 Å². The number of carboxylic acid groups (broad SMARTS) is 1. The summed E-state index contributed by atoms with van der Waals surface area (Å²) in [4.78, 5) is 65.0. The number of likely N-dealkylation sites (tertiary alicyclic amines) is 2. The highest BCUT2D eigenvalue weighted by Crippen LogP contribution is 2.44. The molecule has 4 aliphatic rings. The molecule has 6 rings (SSSR count). The van der Waals surface area contributed by atoms with Crippen molar-refractivity contribution in [2.45, 2.75) is 62.6 Å². The molecule has 2 aromatic rings. The standard InChI is InChI=1S/C34H40ClN7O9S2/c1-17(43)26-18(13-42(11-4-5-12-42)14-19-7-6-10-40(19)29(47)20-8-9-22(44)27(45)23(20)35)15-52-31-25(30(48)41(26)31)38-28(46)24(21-16-53-33(36)37-21)39-51-34(2,3)32(49)50/h8-9,16,19,25,31H,1,4-7,10-15H2,2-3H3,(H6-,36,37,38,39,43,44,45,46,47,49,50)/p+1/t19-,25+,31+/m0/s1. The number of carbonyl (C=O) groups excluding carboxylic acids is 3. The van der Waals surface area contributed by atoms with Crippen molar-refractivity contribution in [3.8, 4) is 11.5 Å². The number of aliphatic hydroxyl groups is 1. The maximum Gasteiger partial charge on any atom is 0.350 e. The van der Waals surface area contributed by atoms with Crippen LogP contribution in [-0.4, -0.2) is 131 Å². The Hall–Kier alpha value is -4.52. The van der Waals surface area contributed by atoms with E-state index in [0.717, 1.165) is 55.7 Å². The third-order valence-electron chi connectivity index (χ3n) is 10.1. The van der Waals surface area contributed by atoms with E-state index in [1.807, 2.05) is 0 Å². The van der Waals surface area contributed by atoms with Gasteiger partial charge >= 0.3 is 5.97 Å². The maximum atomic E-state index is 13.7. The summed E-state index contributed by atoms with van der Waals surface area (Å²) in [5.41, 5.74) is 4.94. The van der Waals surface area contributed by atoms with E-state index in [4.69, 9.17) is 22.2 Å². The van der Waals surface area contributed by atoms with Crippen LogP contribution in [0.15, 0.2) is 46.3 Å². The maximum absolute atomic E-state index is 13.7. The predicted octanol–water partition coefficient (Wildman–Crippen LogP) is 3.01. The molecule has 0 bridgehead atoms. The molecule has 16 nitrogen and oxygen atoms in total. The number of aromatic nitrogens is 1. The number of carbonyl (C=O) groups is 4. The highest BCUT2D eigenvalue weighted by atomic mass is 35.5. The van der Waals surface area contributed by atoms with E-state index < -0.39 is 46.3 Å². The third kappa shape index (κ3) is 7.36. The number of nitrogens with two attached hydrogens (primary N) is 1. The molecule has 0 unspecified atom stereocenters. The van der Waals surface area contributed by atoms with Crippen LogP contribution in [0, 0.1) is 0 Å². The second-order valence-electron chi connectivity index (χ2n) is 14.1. The number of aliphatic hydroxyl groups excluding tert-OH is 1. The van der Waals surface area contributed by atoms with E-state index in [2.05, 4.69) is 22.0 Å². The minimum atomic E-state index is -1.77. The Labute approximate surface area is 318 Å². The van der Waals surface area contributed by atoms with Crippen molar-refractivity contribution in [2.75, 3.05) is 44.2 Å². The number of nitrogen functional groups attached to an aromatic ring is 1. The van der Waals surface area contributed by atoms with Gasteiger partial charge in [0.05, 0.1) is 42.0 Å². The number of halogens is 1. The Morgan fingerprint density at radius 2 is 1.92 bits per heavy atom. The van der Waals surface area contributed by atoms with E-state index in [9.17, 15) is 39.6 Å². The van der Waals surface area contributed by atoms with Gasteiger partial charge in [-0.05, 0) is 38.8 Å². The van der Waals surface area contributed by atoms with Crippen molar-refractivity contribution >= 4 is 69.2 Å². The van der Waals surface area contributed by atoms with Crippen LogP contribution in [0.3, 0.4) is 0 Å². The number of aromatic hydroxyl groups is 2. The number of hydrogen-bond acceptors (Lipinski definition) is 13. The third-order valence-corrected chi connectivity index (χ3v) is 12.5. The quantitative estimate of drug-likeness (QED) is 0.0456. The predicted molar refractivity (Wildman–Crippen MR) is 197 cm³/mol. The number of anilines is 1. The topological polar surface area (TPSA) is 228 Å². The fraction of sp³-hybridized carbons (Fsp3) is 0.471. The average molecular weight is 791 g/mol. The first-order valence-electron chi connectivity index (χ1n) is 17.0. The molecule has 53 heavy (non-hydrogen) atoms. The number of thioether (sulfide) groups is 1. The minimum absolute atomic E-state index is 0.0455. The number of oxime groups is 1. The number of β-lactam (4-membered cyclic amide) rings is 1. The monoisotopic (exact) mass is 790 g/mol. The molecule has 3 atom stereocenters. The Morgan fingerprint density at radius 1 is 1.21 bits per heavy atom. The number of quaternary nitrogens is 1. The minimum Gasteiger partial charge on any atom is -0.506 e. The zero-order chi connectivity index (χ0) is 38.4. The van der Waals surface area contributed by atoms with E-state index >= 15 is 0 Å². The van der Waals surface area contributed by atoms with Gasteiger partial charge in [-0.1, -0.05) is 23.3 Å². The molecule has 1 aromatic heterocycles. The van der Waals surface area contributed by atoms with Crippen LogP contribution in [0.4, 0.5) is 5.13 Å². The van der Waals surface area contributed by atoms with Gasteiger partial charge in [-0.3, -0.25) is 19.3 Å². The Bertz CT molecular complexity index is 1930. The fourth-order valence-electron chi connectivity index (χ4n) is 7.33. The van der Waals surface area contributed by atoms with Crippen molar-refractivity contribution in [1.82, 2.24) is 20.1 Å². The lowest BCUT2D eigenvalue weighted by Crippen LogP contribution is -2.70. The number of benzene rings is 1. The highest BCUT2D eigenvalue weighted by molar-refractivity contribution is 8.00. The van der Waals surface area contributed by atoms with Crippen molar-refractivity contribution in [1.29, 1.82) is 0 Å². The highest BCUT2D eigenvalue weighted by Gasteiger charge is 2.54. The van der Waals surface area contributed by atoms with Crippen molar-refractivity contribution in [2.24, 2.45) is 5.16 Å². The number of nitrogens with one attached hydrogen (secondary N) is 1. The molecule has 3 fully saturated rings. The molecule has 19 heteroatoms. The van der Waals surface area contributed by atoms with Gasteiger partial charge in [0.15, 0.2) is 22.3 Å². The normalized spacial score (nSPS) is 22.7. The molecular formula is C34H41ClN7O9S2+. The molecule has 284 valence electrons. The largest absolute Gasteiger partial charge is 0.506 e. The number of phenolic OH excluding ortho intramolecular Hbond substituents is 2. The van der Waals surface area contributed by atoms with Crippen LogP contribution in [0.2, 0.25) is 5.02 Å². The summed E-state index contributed by atoms with van der Waals surface area (Å²) in [6, 6.07) is 1.52. The molecule has 5 heterocycles. The molecular weight excluding hydrogens is 750 g/mol. The number of thiazole rings is 1. The second-order valence-corrected chi connectivity index (χ2v) is 16.5. The number of aliphatic carboxylic acids is 1. The van der Waals surface area contributed by atoms with Crippen LogP contribution in [0.25, 0.3) is 0 Å². The molecule has 3 saturated heterocycles. The lowest BCUT2D eigenvalue weighted by molar-refractivity contribution is -0.913. The smallest absolute Gasteiger partial charge is 0.350 e. The summed E-state index contributed by atoms with van der Waals surface area (Å²) in [5, 5.41) is 47.6. The average Bonchev–Trinajstić information content (AvgIpc) is 3.87. The van der Waals surface area contributed by atoms with Gasteiger partial charge in [-0.15, -0.1) is 23.1 Å². The Kier molecular flexibility index (Phi) is 10.6. The first-order valence-corrected chi connectivity index (χ1v) is 19.3. The number of rotatable bonds is 12. The zero-order valence-electron chi connectivity index (χ0n) is 29.1. The van der Waals surface area contributed by atoms with E-state index in [1.165, 1.54) is 48.0 Å². The van der Waals surface area contributed by atoms with Gasteiger partial charge in [0.25, 0.3) is 17.7 Å². The first kappa shape index (κ1) is 38.2. The van der Waals surface area contributed by atoms with Crippen LogP contribution in [-0.2, 0) is 19.2 Å². The lowest BCUT2D eigenvalue weighted by Gasteiger charge is -2.51. The Balaban J connectivity index is 1.20. The van der Waals surface area contributed by atoms with E-state index in [0.29, 0.717) is 35.6 Å². The molecule has 3 amide bonds. The van der Waals surface area contributed by atoms with Crippen molar-refractivity contribution in [3.63, 3.8) is 0 Å². The molecule has 0 radical (unpaired) electrons. The van der Waals surface area contributed by atoms with Gasteiger partial charge in [0, 0.05) is 36.1 Å². The number of hydrogen-bond donors (Lipinski definition) is 6. The van der Waals surface area contributed by atoms with Gasteiger partial charge < -0.3 is 45.7 Å². The summed E-state index contributed by atoms with van der Waals surface area (Å²) < 4.78 is 0.631. The number of fused-ring (bicyclic) bond motifs is 1. The van der Waals surface area contributed by atoms with Crippen LogP contribution >= 0.6 is 34.7 Å².